The second-order valence-corrected chi connectivity index (χ2v) is 3.98. The molecule has 0 aliphatic heterocycles. The van der Waals surface area contributed by atoms with Gasteiger partial charge in [0, 0.05) is 0 Å². The molecule has 17 heavy (non-hydrogen) atoms. The highest BCUT2D eigenvalue weighted by atomic mass is 35.5. The van der Waals surface area contributed by atoms with Gasteiger partial charge in [-0.15, -0.1) is 0 Å². The molecule has 0 radical (unpaired) electrons. The number of hydrogen-bond acceptors (Lipinski definition) is 7. The first-order chi connectivity index (χ1) is 8.03. The number of ether oxygens (including phenoxy) is 1. The number of rotatable bonds is 6. The van der Waals surface area contributed by atoms with Crippen molar-refractivity contribution < 1.29 is 14.9 Å². The van der Waals surface area contributed by atoms with Crippen LogP contribution in [0, 0.1) is 0 Å². The summed E-state index contributed by atoms with van der Waals surface area (Å²) in [6.07, 6.45) is 0. The number of nitrogens with one attached hydrogen (secondary N) is 1. The van der Waals surface area contributed by atoms with Crippen LogP contribution in [-0.2, 0) is 0 Å². The van der Waals surface area contributed by atoms with E-state index in [2.05, 4.69) is 20.3 Å². The van der Waals surface area contributed by atoms with Gasteiger partial charge >= 0.3 is 6.01 Å². The third kappa shape index (κ3) is 3.95. The smallest absolute Gasteiger partial charge is 0.322 e. The van der Waals surface area contributed by atoms with Crippen molar-refractivity contribution >= 4 is 17.5 Å². The summed E-state index contributed by atoms with van der Waals surface area (Å²) in [6.45, 7) is 3.24. The summed E-state index contributed by atoms with van der Waals surface area (Å²) in [6, 6.07) is 0.0910. The van der Waals surface area contributed by atoms with E-state index in [1.54, 1.807) is 13.8 Å². The molecule has 7 nitrogen and oxygen atoms in total. The fourth-order valence-corrected chi connectivity index (χ4v) is 1.13. The summed E-state index contributed by atoms with van der Waals surface area (Å²) in [4.78, 5) is 11.5. The van der Waals surface area contributed by atoms with Crippen molar-refractivity contribution in [1.82, 2.24) is 15.0 Å². The van der Waals surface area contributed by atoms with Crippen LogP contribution in [0.25, 0.3) is 0 Å². The van der Waals surface area contributed by atoms with Crippen molar-refractivity contribution in [3.63, 3.8) is 0 Å². The Morgan fingerprint density at radius 3 is 2.47 bits per heavy atom. The predicted molar refractivity (Wildman–Crippen MR) is 62.2 cm³/mol. The Balaban J connectivity index is 2.90. The molecule has 0 aliphatic rings. The Morgan fingerprint density at radius 1 is 1.29 bits per heavy atom. The second-order valence-electron chi connectivity index (χ2n) is 3.65. The Labute approximate surface area is 104 Å². The van der Waals surface area contributed by atoms with Crippen LogP contribution in [0.4, 0.5) is 5.95 Å². The Bertz CT molecular complexity index is 373. The molecule has 0 aromatic carbocycles. The van der Waals surface area contributed by atoms with Gasteiger partial charge in [-0.3, -0.25) is 0 Å². The van der Waals surface area contributed by atoms with Gasteiger partial charge in [-0.2, -0.15) is 15.0 Å². The Kier molecular flexibility index (Phi) is 4.86. The van der Waals surface area contributed by atoms with Gasteiger partial charge in [-0.1, -0.05) is 0 Å². The maximum Gasteiger partial charge on any atom is 0.322 e. The lowest BCUT2D eigenvalue weighted by atomic mass is 10.1. The molecule has 1 rings (SSSR count). The van der Waals surface area contributed by atoms with Crippen LogP contribution in [-0.4, -0.2) is 50.5 Å². The molecular weight excluding hydrogens is 248 g/mol. The number of halogens is 1. The molecule has 0 amide bonds. The fraction of sp³-hybridized carbons (Fsp3) is 0.667. The van der Waals surface area contributed by atoms with E-state index in [0.717, 1.165) is 0 Å². The lowest BCUT2D eigenvalue weighted by Crippen LogP contribution is -2.43. The van der Waals surface area contributed by atoms with Gasteiger partial charge in [0.25, 0.3) is 0 Å². The summed E-state index contributed by atoms with van der Waals surface area (Å²) in [5.41, 5.74) is -0.936. The van der Waals surface area contributed by atoms with Crippen LogP contribution in [0.1, 0.15) is 13.8 Å². The van der Waals surface area contributed by atoms with Crippen LogP contribution in [0.3, 0.4) is 0 Å². The lowest BCUT2D eigenvalue weighted by molar-refractivity contribution is 0.147. The van der Waals surface area contributed by atoms with E-state index in [4.69, 9.17) is 26.6 Å². The Hall–Kier alpha value is -1.18. The topological polar surface area (TPSA) is 100 Å². The average molecular weight is 263 g/mol. The van der Waals surface area contributed by atoms with Gasteiger partial charge in [0.05, 0.1) is 25.4 Å². The molecular formula is C9H15ClN4O3. The minimum absolute atomic E-state index is 0.0239. The van der Waals surface area contributed by atoms with Crippen molar-refractivity contribution in [2.75, 3.05) is 25.1 Å². The molecule has 1 heterocycles. The third-order valence-corrected chi connectivity index (χ3v) is 2.14. The average Bonchev–Trinajstić information content (AvgIpc) is 2.28. The van der Waals surface area contributed by atoms with Gasteiger partial charge in [-0.05, 0) is 25.4 Å². The normalized spacial score (nSPS) is 11.4. The van der Waals surface area contributed by atoms with Gasteiger partial charge in [-0.25, -0.2) is 0 Å². The first kappa shape index (κ1) is 13.9. The predicted octanol–water partition coefficient (Wildman–Crippen LogP) is 0.0789. The molecule has 1 aromatic heterocycles. The summed E-state index contributed by atoms with van der Waals surface area (Å²) in [5.74, 6) is 0.138. The molecule has 0 fully saturated rings. The molecule has 0 saturated carbocycles. The van der Waals surface area contributed by atoms with E-state index < -0.39 is 5.54 Å². The standard InChI is InChI=1S/C9H15ClN4O3/c1-3-17-8-12-6(10)11-7(13-8)14-9(2,4-15)5-16/h15-16H,3-5H2,1-2H3,(H,11,12,13,14). The van der Waals surface area contributed by atoms with Crippen molar-refractivity contribution in [3.05, 3.63) is 5.28 Å². The third-order valence-electron chi connectivity index (χ3n) is 1.97. The van der Waals surface area contributed by atoms with Crippen LogP contribution < -0.4 is 10.1 Å². The fourth-order valence-electron chi connectivity index (χ4n) is 0.980. The number of anilines is 1. The molecule has 0 atom stereocenters. The molecule has 0 bridgehead atoms. The van der Waals surface area contributed by atoms with Gasteiger partial charge in [0.1, 0.15) is 0 Å². The number of aliphatic hydroxyl groups is 2. The van der Waals surface area contributed by atoms with Crippen LogP contribution in [0.15, 0.2) is 0 Å². The van der Waals surface area contributed by atoms with Crippen molar-refractivity contribution in [2.24, 2.45) is 0 Å². The monoisotopic (exact) mass is 262 g/mol. The van der Waals surface area contributed by atoms with Crippen molar-refractivity contribution in [2.45, 2.75) is 19.4 Å². The lowest BCUT2D eigenvalue weighted by Gasteiger charge is -2.25. The van der Waals surface area contributed by atoms with E-state index in [1.165, 1.54) is 0 Å². The first-order valence-electron chi connectivity index (χ1n) is 5.07. The summed E-state index contributed by atoms with van der Waals surface area (Å²) in [7, 11) is 0. The number of nitrogens with zero attached hydrogens (tertiary/aromatic N) is 3. The van der Waals surface area contributed by atoms with E-state index >= 15 is 0 Å². The number of hydrogen-bond donors (Lipinski definition) is 3. The molecule has 3 N–H and O–H groups in total. The van der Waals surface area contributed by atoms with E-state index in [1.807, 2.05) is 0 Å². The van der Waals surface area contributed by atoms with Crippen LogP contribution in [0.5, 0.6) is 6.01 Å². The van der Waals surface area contributed by atoms with E-state index in [0.29, 0.717) is 6.61 Å². The zero-order chi connectivity index (χ0) is 12.9. The van der Waals surface area contributed by atoms with Crippen LogP contribution in [0.2, 0.25) is 5.28 Å². The van der Waals surface area contributed by atoms with E-state index in [9.17, 15) is 0 Å². The molecule has 0 unspecified atom stereocenters. The minimum Gasteiger partial charge on any atom is -0.464 e. The highest BCUT2D eigenvalue weighted by Crippen LogP contribution is 2.15. The molecule has 0 aliphatic carbocycles. The highest BCUT2D eigenvalue weighted by Gasteiger charge is 2.23. The zero-order valence-corrected chi connectivity index (χ0v) is 10.4. The molecule has 0 spiro atoms. The highest BCUT2D eigenvalue weighted by molar-refractivity contribution is 6.28. The maximum absolute atomic E-state index is 9.13. The van der Waals surface area contributed by atoms with Gasteiger partial charge in [0.2, 0.25) is 11.2 Å². The van der Waals surface area contributed by atoms with Gasteiger partial charge in [0.15, 0.2) is 0 Å². The SMILES string of the molecule is CCOc1nc(Cl)nc(NC(C)(CO)CO)n1. The largest absolute Gasteiger partial charge is 0.464 e. The molecule has 96 valence electrons. The zero-order valence-electron chi connectivity index (χ0n) is 9.64. The molecule has 8 heteroatoms. The first-order valence-corrected chi connectivity index (χ1v) is 5.45. The summed E-state index contributed by atoms with van der Waals surface area (Å²) in [5, 5.41) is 21.0. The summed E-state index contributed by atoms with van der Waals surface area (Å²) < 4.78 is 5.10. The maximum atomic E-state index is 9.13. The quantitative estimate of drug-likeness (QED) is 0.667. The van der Waals surface area contributed by atoms with Crippen molar-refractivity contribution in [1.29, 1.82) is 0 Å². The van der Waals surface area contributed by atoms with E-state index in [-0.39, 0.29) is 30.5 Å². The Morgan fingerprint density at radius 2 is 1.94 bits per heavy atom. The molecule has 1 aromatic rings. The van der Waals surface area contributed by atoms with Crippen LogP contribution >= 0.6 is 11.6 Å². The summed E-state index contributed by atoms with van der Waals surface area (Å²) >= 11 is 5.69. The molecule has 0 saturated heterocycles. The second kappa shape index (κ2) is 5.95. The number of aliphatic hydroxyl groups excluding tert-OH is 2. The van der Waals surface area contributed by atoms with Gasteiger partial charge < -0.3 is 20.3 Å². The number of aromatic nitrogens is 3. The van der Waals surface area contributed by atoms with Crippen molar-refractivity contribution in [3.8, 4) is 6.01 Å². The minimum atomic E-state index is -0.936.